The molecule has 4 nitrogen and oxygen atoms in total. The van der Waals surface area contributed by atoms with Crippen molar-refractivity contribution >= 4 is 5.97 Å². The maximum atomic E-state index is 10.7. The van der Waals surface area contributed by atoms with Crippen LogP contribution in [0.1, 0.15) is 18.5 Å². The summed E-state index contributed by atoms with van der Waals surface area (Å²) in [4.78, 5) is 17.4. The summed E-state index contributed by atoms with van der Waals surface area (Å²) in [6.07, 6.45) is 4.55. The summed E-state index contributed by atoms with van der Waals surface area (Å²) in [6, 6.07) is 0. The Hall–Kier alpha value is -1.32. The van der Waals surface area contributed by atoms with Gasteiger partial charge in [-0.05, 0) is 12.8 Å². The van der Waals surface area contributed by atoms with Crippen LogP contribution in [-0.4, -0.2) is 21.0 Å². The first kappa shape index (κ1) is 6.39. The van der Waals surface area contributed by atoms with Crippen molar-refractivity contribution in [3.8, 4) is 0 Å². The largest absolute Gasteiger partial charge is 0.481 e. The summed E-state index contributed by atoms with van der Waals surface area (Å²) in [5.41, 5.74) is 0.0984. The molecule has 0 spiro atoms. The molecule has 2 N–H and O–H groups in total. The van der Waals surface area contributed by atoms with E-state index < -0.39 is 11.4 Å². The van der Waals surface area contributed by atoms with E-state index in [4.69, 9.17) is 5.11 Å². The van der Waals surface area contributed by atoms with Crippen LogP contribution in [0.4, 0.5) is 0 Å². The number of carboxylic acid groups (broad SMARTS) is 1. The number of aliphatic carboxylic acids is 1. The molecule has 1 aliphatic rings. The van der Waals surface area contributed by atoms with Crippen LogP contribution in [0.3, 0.4) is 0 Å². The van der Waals surface area contributed by atoms with E-state index in [-0.39, 0.29) is 0 Å². The highest BCUT2D eigenvalue weighted by molar-refractivity contribution is 5.84. The molecule has 0 saturated heterocycles. The van der Waals surface area contributed by atoms with Gasteiger partial charge < -0.3 is 10.1 Å². The SMILES string of the molecule is O=C(O)C1(c2cnc[nH]2)CC1. The molecule has 0 atom stereocenters. The van der Waals surface area contributed by atoms with Gasteiger partial charge in [0.25, 0.3) is 0 Å². The first-order valence-electron chi connectivity index (χ1n) is 3.48. The molecule has 0 radical (unpaired) electrons. The van der Waals surface area contributed by atoms with E-state index in [0.29, 0.717) is 0 Å². The summed E-state index contributed by atoms with van der Waals surface area (Å²) in [6.45, 7) is 0. The standard InChI is InChI=1S/C7H8N2O2/c10-6(11)7(1-2-7)5-3-8-4-9-5/h3-4H,1-2H2,(H,8,9)(H,10,11). The molecule has 1 aromatic heterocycles. The van der Waals surface area contributed by atoms with Gasteiger partial charge in [0.1, 0.15) is 5.41 Å². The predicted octanol–water partition coefficient (Wildman–Crippen LogP) is 0.526. The lowest BCUT2D eigenvalue weighted by Crippen LogP contribution is -2.19. The quantitative estimate of drug-likeness (QED) is 0.649. The van der Waals surface area contributed by atoms with Crippen molar-refractivity contribution in [1.82, 2.24) is 9.97 Å². The van der Waals surface area contributed by atoms with Crippen LogP contribution in [0.5, 0.6) is 0 Å². The molecule has 1 aliphatic carbocycles. The monoisotopic (exact) mass is 152 g/mol. The lowest BCUT2D eigenvalue weighted by atomic mass is 10.0. The summed E-state index contributed by atoms with van der Waals surface area (Å²) in [7, 11) is 0. The number of carbonyl (C=O) groups is 1. The summed E-state index contributed by atoms with van der Waals surface area (Å²) < 4.78 is 0. The van der Waals surface area contributed by atoms with E-state index in [0.717, 1.165) is 18.5 Å². The maximum Gasteiger partial charge on any atom is 0.315 e. The topological polar surface area (TPSA) is 66.0 Å². The number of hydrogen-bond acceptors (Lipinski definition) is 2. The van der Waals surface area contributed by atoms with Crippen LogP contribution in [0.15, 0.2) is 12.5 Å². The summed E-state index contributed by atoms with van der Waals surface area (Å²) in [5.74, 6) is -0.748. The predicted molar refractivity (Wildman–Crippen MR) is 37.1 cm³/mol. The molecule has 1 saturated carbocycles. The zero-order chi connectivity index (χ0) is 7.90. The number of rotatable bonds is 2. The van der Waals surface area contributed by atoms with Gasteiger partial charge in [-0.2, -0.15) is 0 Å². The highest BCUT2D eigenvalue weighted by atomic mass is 16.4. The van der Waals surface area contributed by atoms with Crippen LogP contribution in [0, 0.1) is 0 Å². The Morgan fingerprint density at radius 1 is 1.73 bits per heavy atom. The Morgan fingerprint density at radius 2 is 2.45 bits per heavy atom. The molecule has 0 aliphatic heterocycles. The molecular weight excluding hydrogens is 144 g/mol. The van der Waals surface area contributed by atoms with Gasteiger partial charge in [0.15, 0.2) is 0 Å². The molecule has 4 heteroatoms. The molecule has 1 fully saturated rings. The number of H-pyrrole nitrogens is 1. The maximum absolute atomic E-state index is 10.7. The molecule has 2 rings (SSSR count). The van der Waals surface area contributed by atoms with Crippen LogP contribution < -0.4 is 0 Å². The van der Waals surface area contributed by atoms with E-state index in [9.17, 15) is 4.79 Å². The van der Waals surface area contributed by atoms with Crippen molar-refractivity contribution < 1.29 is 9.90 Å². The third kappa shape index (κ3) is 0.753. The molecule has 0 amide bonds. The Morgan fingerprint density at radius 3 is 2.82 bits per heavy atom. The molecule has 11 heavy (non-hydrogen) atoms. The van der Waals surface area contributed by atoms with E-state index in [1.54, 1.807) is 6.20 Å². The average Bonchev–Trinajstić information content (AvgIpc) is 2.61. The zero-order valence-corrected chi connectivity index (χ0v) is 5.87. The van der Waals surface area contributed by atoms with E-state index in [1.165, 1.54) is 6.33 Å². The lowest BCUT2D eigenvalue weighted by molar-refractivity contribution is -0.140. The zero-order valence-electron chi connectivity index (χ0n) is 5.87. The van der Waals surface area contributed by atoms with Gasteiger partial charge in [0, 0.05) is 6.20 Å². The number of aromatic nitrogens is 2. The minimum absolute atomic E-state index is 0.628. The highest BCUT2D eigenvalue weighted by Gasteiger charge is 2.52. The number of aromatic amines is 1. The van der Waals surface area contributed by atoms with Crippen molar-refractivity contribution in [3.63, 3.8) is 0 Å². The van der Waals surface area contributed by atoms with Gasteiger partial charge in [-0.15, -0.1) is 0 Å². The lowest BCUT2D eigenvalue weighted by Gasteiger charge is -2.04. The molecular formula is C7H8N2O2. The first-order valence-corrected chi connectivity index (χ1v) is 3.48. The Kier molecular flexibility index (Phi) is 1.07. The first-order chi connectivity index (χ1) is 5.26. The third-order valence-corrected chi connectivity index (χ3v) is 2.17. The van der Waals surface area contributed by atoms with Crippen LogP contribution in [-0.2, 0) is 10.2 Å². The van der Waals surface area contributed by atoms with Crippen LogP contribution in [0.25, 0.3) is 0 Å². The number of hydrogen-bond donors (Lipinski definition) is 2. The van der Waals surface area contributed by atoms with E-state index in [1.807, 2.05) is 0 Å². The second kappa shape index (κ2) is 1.84. The number of imidazole rings is 1. The van der Waals surface area contributed by atoms with Gasteiger partial charge >= 0.3 is 5.97 Å². The smallest absolute Gasteiger partial charge is 0.315 e. The van der Waals surface area contributed by atoms with Crippen molar-refractivity contribution in [2.24, 2.45) is 0 Å². The van der Waals surface area contributed by atoms with Crippen molar-refractivity contribution in [3.05, 3.63) is 18.2 Å². The number of nitrogens with zero attached hydrogens (tertiary/aromatic N) is 1. The molecule has 1 heterocycles. The van der Waals surface area contributed by atoms with E-state index in [2.05, 4.69) is 9.97 Å². The van der Waals surface area contributed by atoms with Gasteiger partial charge in [0.05, 0.1) is 12.0 Å². The van der Waals surface area contributed by atoms with Gasteiger partial charge in [0.2, 0.25) is 0 Å². The number of carboxylic acids is 1. The fraction of sp³-hybridized carbons (Fsp3) is 0.429. The average molecular weight is 152 g/mol. The Balaban J connectivity index is 2.36. The fourth-order valence-electron chi connectivity index (χ4n) is 1.24. The Labute approximate surface area is 63.3 Å². The normalized spacial score (nSPS) is 19.6. The number of nitrogens with one attached hydrogen (secondary N) is 1. The molecule has 0 unspecified atom stereocenters. The molecule has 1 aromatic rings. The van der Waals surface area contributed by atoms with Gasteiger partial charge in [-0.25, -0.2) is 4.98 Å². The van der Waals surface area contributed by atoms with Gasteiger partial charge in [-0.1, -0.05) is 0 Å². The van der Waals surface area contributed by atoms with Crippen molar-refractivity contribution in [2.45, 2.75) is 18.3 Å². The van der Waals surface area contributed by atoms with Crippen LogP contribution in [0.2, 0.25) is 0 Å². The molecule has 0 bridgehead atoms. The summed E-state index contributed by atoms with van der Waals surface area (Å²) in [5, 5.41) is 8.83. The minimum atomic E-state index is -0.748. The minimum Gasteiger partial charge on any atom is -0.481 e. The second-order valence-corrected chi connectivity index (χ2v) is 2.85. The Bertz CT molecular complexity index is 275. The highest BCUT2D eigenvalue weighted by Crippen LogP contribution is 2.47. The fourth-order valence-corrected chi connectivity index (χ4v) is 1.24. The van der Waals surface area contributed by atoms with Crippen LogP contribution >= 0.6 is 0 Å². The van der Waals surface area contributed by atoms with Crippen molar-refractivity contribution in [1.29, 1.82) is 0 Å². The third-order valence-electron chi connectivity index (χ3n) is 2.17. The van der Waals surface area contributed by atoms with Crippen molar-refractivity contribution in [2.75, 3.05) is 0 Å². The van der Waals surface area contributed by atoms with E-state index >= 15 is 0 Å². The summed E-state index contributed by atoms with van der Waals surface area (Å²) >= 11 is 0. The van der Waals surface area contributed by atoms with Gasteiger partial charge in [-0.3, -0.25) is 4.79 Å². The second-order valence-electron chi connectivity index (χ2n) is 2.85. The molecule has 58 valence electrons. The molecule has 0 aromatic carbocycles.